The minimum atomic E-state index is -0.325. The molecule has 1 aromatic heterocycles. The third-order valence-corrected chi connectivity index (χ3v) is 6.39. The van der Waals surface area contributed by atoms with Crippen LogP contribution in [0.25, 0.3) is 0 Å². The zero-order valence-corrected chi connectivity index (χ0v) is 19.8. The van der Waals surface area contributed by atoms with E-state index in [1.807, 2.05) is 6.92 Å². The number of anilines is 2. The van der Waals surface area contributed by atoms with Crippen LogP contribution in [0.5, 0.6) is 5.88 Å². The van der Waals surface area contributed by atoms with Crippen LogP contribution in [-0.2, 0) is 4.74 Å². The Hall–Kier alpha value is -2.25. The molecule has 3 rings (SSSR count). The average molecular weight is 445 g/mol. The van der Waals surface area contributed by atoms with Crippen LogP contribution in [0.1, 0.15) is 57.9 Å². The van der Waals surface area contributed by atoms with Crippen LogP contribution >= 0.6 is 0 Å². The minimum Gasteiger partial charge on any atom is -0.474 e. The van der Waals surface area contributed by atoms with Crippen molar-refractivity contribution >= 4 is 11.5 Å². The third-order valence-electron chi connectivity index (χ3n) is 6.39. The monoisotopic (exact) mass is 444 g/mol. The van der Waals surface area contributed by atoms with Gasteiger partial charge < -0.3 is 14.8 Å². The van der Waals surface area contributed by atoms with Gasteiger partial charge in [0.15, 0.2) is 0 Å². The van der Waals surface area contributed by atoms with Crippen molar-refractivity contribution in [1.29, 1.82) is 0 Å². The second-order valence-electron chi connectivity index (χ2n) is 8.83. The Balaban J connectivity index is 1.65. The summed E-state index contributed by atoms with van der Waals surface area (Å²) in [7, 11) is 1.76. The van der Waals surface area contributed by atoms with Crippen molar-refractivity contribution in [3.05, 3.63) is 42.0 Å². The molecule has 1 aliphatic carbocycles. The molecule has 32 heavy (non-hydrogen) atoms. The first-order chi connectivity index (χ1) is 15.5. The number of nitrogens with one attached hydrogen (secondary N) is 1. The van der Waals surface area contributed by atoms with E-state index >= 15 is 0 Å². The Morgan fingerprint density at radius 2 is 1.97 bits per heavy atom. The lowest BCUT2D eigenvalue weighted by atomic mass is 10.0. The van der Waals surface area contributed by atoms with E-state index in [0.29, 0.717) is 30.2 Å². The quantitative estimate of drug-likeness (QED) is 0.424. The Bertz CT molecular complexity index is 844. The number of methoxy groups -OCH3 is 1. The summed E-state index contributed by atoms with van der Waals surface area (Å²) in [6.07, 6.45) is 8.55. The molecule has 1 N–H and O–H groups in total. The number of aromatic nitrogens is 2. The van der Waals surface area contributed by atoms with Gasteiger partial charge in [0.1, 0.15) is 24.1 Å². The topological polar surface area (TPSA) is 59.5 Å². The Labute approximate surface area is 191 Å². The molecule has 2 unspecified atom stereocenters. The first-order valence-electron chi connectivity index (χ1n) is 11.7. The molecule has 1 saturated carbocycles. The summed E-state index contributed by atoms with van der Waals surface area (Å²) in [5.74, 6) is 1.52. The second kappa shape index (κ2) is 12.1. The molecule has 1 aliphatic rings. The van der Waals surface area contributed by atoms with Gasteiger partial charge >= 0.3 is 0 Å². The standard InChI is InChI=1S/C25H37FN4O2/c1-5-21(14-18(2)30(17-31-4)15-20-10-6-7-11-20)32-25-19(3)24(27-16-28-25)29-23-13-9-8-12-22(23)26/h8-9,12-13,16,18,20-21H,5-7,10-11,14-15,17H2,1-4H3,(H,27,28,29). The molecular weight excluding hydrogens is 407 g/mol. The molecule has 1 aromatic carbocycles. The largest absolute Gasteiger partial charge is 0.474 e. The summed E-state index contributed by atoms with van der Waals surface area (Å²) < 4.78 is 25.9. The zero-order valence-electron chi connectivity index (χ0n) is 19.8. The van der Waals surface area contributed by atoms with Gasteiger partial charge in [-0.15, -0.1) is 0 Å². The molecule has 176 valence electrons. The fourth-order valence-electron chi connectivity index (χ4n) is 4.40. The van der Waals surface area contributed by atoms with Crippen molar-refractivity contribution < 1.29 is 13.9 Å². The lowest BCUT2D eigenvalue weighted by molar-refractivity contribution is 0.0127. The Kier molecular flexibility index (Phi) is 9.23. The summed E-state index contributed by atoms with van der Waals surface area (Å²) in [6.45, 7) is 7.99. The number of para-hydroxylation sites is 1. The molecule has 2 atom stereocenters. The van der Waals surface area contributed by atoms with Gasteiger partial charge in [0, 0.05) is 19.7 Å². The molecule has 0 saturated heterocycles. The van der Waals surface area contributed by atoms with Crippen LogP contribution in [0.15, 0.2) is 30.6 Å². The van der Waals surface area contributed by atoms with E-state index in [1.165, 1.54) is 38.1 Å². The van der Waals surface area contributed by atoms with E-state index in [2.05, 4.69) is 34.0 Å². The van der Waals surface area contributed by atoms with Crippen LogP contribution in [0, 0.1) is 18.7 Å². The maximum Gasteiger partial charge on any atom is 0.221 e. The molecule has 0 radical (unpaired) electrons. The van der Waals surface area contributed by atoms with Crippen LogP contribution < -0.4 is 10.1 Å². The highest BCUT2D eigenvalue weighted by atomic mass is 19.1. The van der Waals surface area contributed by atoms with Crippen LogP contribution in [0.2, 0.25) is 0 Å². The van der Waals surface area contributed by atoms with Gasteiger partial charge in [0.25, 0.3) is 0 Å². The predicted octanol–water partition coefficient (Wildman–Crippen LogP) is 5.70. The molecule has 1 heterocycles. The third kappa shape index (κ3) is 6.62. The van der Waals surface area contributed by atoms with Crippen molar-refractivity contribution in [2.75, 3.05) is 25.7 Å². The molecule has 0 amide bonds. The van der Waals surface area contributed by atoms with E-state index in [4.69, 9.17) is 9.47 Å². The Morgan fingerprint density at radius 3 is 2.66 bits per heavy atom. The van der Waals surface area contributed by atoms with Gasteiger partial charge in [-0.1, -0.05) is 31.9 Å². The first kappa shape index (κ1) is 24.4. The van der Waals surface area contributed by atoms with Gasteiger partial charge in [-0.2, -0.15) is 0 Å². The fourth-order valence-corrected chi connectivity index (χ4v) is 4.40. The summed E-state index contributed by atoms with van der Waals surface area (Å²) in [5.41, 5.74) is 1.14. The Morgan fingerprint density at radius 1 is 1.22 bits per heavy atom. The van der Waals surface area contributed by atoms with Crippen molar-refractivity contribution in [2.24, 2.45) is 5.92 Å². The van der Waals surface area contributed by atoms with Crippen molar-refractivity contribution in [1.82, 2.24) is 14.9 Å². The average Bonchev–Trinajstić information content (AvgIpc) is 3.30. The molecule has 0 bridgehead atoms. The number of hydrogen-bond acceptors (Lipinski definition) is 6. The molecule has 1 fully saturated rings. The maximum atomic E-state index is 14.0. The van der Waals surface area contributed by atoms with E-state index < -0.39 is 0 Å². The number of hydrogen-bond donors (Lipinski definition) is 1. The number of rotatable bonds is 12. The lowest BCUT2D eigenvalue weighted by Gasteiger charge is -2.32. The van der Waals surface area contributed by atoms with E-state index in [1.54, 1.807) is 25.3 Å². The second-order valence-corrected chi connectivity index (χ2v) is 8.83. The number of halogens is 1. The van der Waals surface area contributed by atoms with Gasteiger partial charge in [0.05, 0.1) is 18.0 Å². The van der Waals surface area contributed by atoms with Crippen molar-refractivity contribution in [3.8, 4) is 5.88 Å². The summed E-state index contributed by atoms with van der Waals surface area (Å²) >= 11 is 0. The lowest BCUT2D eigenvalue weighted by Crippen LogP contribution is -2.40. The normalized spacial score (nSPS) is 16.3. The molecule has 7 heteroatoms. The molecular formula is C25H37FN4O2. The van der Waals surface area contributed by atoms with Crippen molar-refractivity contribution in [2.45, 2.75) is 71.4 Å². The highest BCUT2D eigenvalue weighted by Crippen LogP contribution is 2.29. The first-order valence-corrected chi connectivity index (χ1v) is 11.7. The minimum absolute atomic E-state index is 0.0165. The molecule has 6 nitrogen and oxygen atoms in total. The summed E-state index contributed by atoms with van der Waals surface area (Å²) in [5, 5.41) is 3.06. The highest BCUT2D eigenvalue weighted by molar-refractivity contribution is 5.61. The summed E-state index contributed by atoms with van der Waals surface area (Å²) in [6, 6.07) is 6.88. The van der Waals surface area contributed by atoms with E-state index in [9.17, 15) is 4.39 Å². The number of benzene rings is 1. The molecule has 0 aliphatic heterocycles. The predicted molar refractivity (Wildman–Crippen MR) is 126 cm³/mol. The SMILES string of the molecule is CCC(CC(C)N(COC)CC1CCCC1)Oc1ncnc(Nc2ccccc2F)c1C. The van der Waals surface area contributed by atoms with Gasteiger partial charge in [-0.25, -0.2) is 14.4 Å². The molecule has 2 aromatic rings. The zero-order chi connectivity index (χ0) is 22.9. The van der Waals surface area contributed by atoms with Crippen molar-refractivity contribution in [3.63, 3.8) is 0 Å². The summed E-state index contributed by atoms with van der Waals surface area (Å²) in [4.78, 5) is 11.1. The van der Waals surface area contributed by atoms with Gasteiger partial charge in [0.2, 0.25) is 5.88 Å². The van der Waals surface area contributed by atoms with Gasteiger partial charge in [-0.05, 0) is 57.6 Å². The highest BCUT2D eigenvalue weighted by Gasteiger charge is 2.25. The molecule has 0 spiro atoms. The van der Waals surface area contributed by atoms with Crippen LogP contribution in [0.3, 0.4) is 0 Å². The number of nitrogens with zero attached hydrogens (tertiary/aromatic N) is 3. The van der Waals surface area contributed by atoms with E-state index in [-0.39, 0.29) is 11.9 Å². The van der Waals surface area contributed by atoms with Crippen LogP contribution in [-0.4, -0.2) is 47.4 Å². The van der Waals surface area contributed by atoms with E-state index in [0.717, 1.165) is 30.9 Å². The van der Waals surface area contributed by atoms with Gasteiger partial charge in [-0.3, -0.25) is 4.90 Å². The maximum absolute atomic E-state index is 14.0. The number of ether oxygens (including phenoxy) is 2. The fraction of sp³-hybridized carbons (Fsp3) is 0.600. The smallest absolute Gasteiger partial charge is 0.221 e. The van der Waals surface area contributed by atoms with Crippen LogP contribution in [0.4, 0.5) is 15.9 Å².